The van der Waals surface area contributed by atoms with Crippen molar-refractivity contribution < 1.29 is 4.74 Å². The van der Waals surface area contributed by atoms with Crippen molar-refractivity contribution >= 4 is 0 Å². The highest BCUT2D eigenvalue weighted by molar-refractivity contribution is 5.31. The van der Waals surface area contributed by atoms with Crippen LogP contribution in [0.5, 0.6) is 5.75 Å². The summed E-state index contributed by atoms with van der Waals surface area (Å²) in [6.07, 6.45) is 0.822. The molecule has 16 heavy (non-hydrogen) atoms. The molecular weight excluding hydrogens is 198 g/mol. The second-order valence-electron chi connectivity index (χ2n) is 3.48. The van der Waals surface area contributed by atoms with E-state index in [-0.39, 0.29) is 6.04 Å². The third-order valence-corrected chi connectivity index (χ3v) is 2.40. The molecule has 86 valence electrons. The minimum atomic E-state index is 0.271. The highest BCUT2D eigenvalue weighted by Gasteiger charge is 2.08. The lowest BCUT2D eigenvalue weighted by Crippen LogP contribution is -2.15. The monoisotopic (exact) mass is 217 g/mol. The Morgan fingerprint density at radius 3 is 2.88 bits per heavy atom. The zero-order valence-electron chi connectivity index (χ0n) is 10.2. The van der Waals surface area contributed by atoms with Gasteiger partial charge in [-0.15, -0.1) is 11.8 Å². The largest absolute Gasteiger partial charge is 0.494 e. The first-order valence-corrected chi connectivity index (χ1v) is 5.61. The Hall–Kier alpha value is -1.46. The maximum atomic E-state index is 5.48. The molecule has 0 spiro atoms. The van der Waals surface area contributed by atoms with Crippen molar-refractivity contribution in [2.75, 3.05) is 13.7 Å². The summed E-state index contributed by atoms with van der Waals surface area (Å²) in [4.78, 5) is 0. The van der Waals surface area contributed by atoms with Crippen LogP contribution >= 0.6 is 0 Å². The molecule has 2 heteroatoms. The summed E-state index contributed by atoms with van der Waals surface area (Å²) in [5, 5.41) is 3.26. The van der Waals surface area contributed by atoms with Crippen LogP contribution in [0.25, 0.3) is 0 Å². The lowest BCUT2D eigenvalue weighted by molar-refractivity contribution is 0.339. The van der Waals surface area contributed by atoms with Gasteiger partial charge in [0.15, 0.2) is 0 Å². The molecule has 0 fully saturated rings. The molecule has 0 heterocycles. The van der Waals surface area contributed by atoms with Crippen molar-refractivity contribution in [3.8, 4) is 17.6 Å². The van der Waals surface area contributed by atoms with Crippen LogP contribution < -0.4 is 10.1 Å². The van der Waals surface area contributed by atoms with Gasteiger partial charge in [0.2, 0.25) is 0 Å². The van der Waals surface area contributed by atoms with Gasteiger partial charge < -0.3 is 10.1 Å². The fourth-order valence-corrected chi connectivity index (χ4v) is 1.58. The first-order valence-electron chi connectivity index (χ1n) is 5.61. The molecule has 1 rings (SSSR count). The molecule has 0 saturated heterocycles. The number of benzene rings is 1. The molecule has 0 radical (unpaired) electrons. The van der Waals surface area contributed by atoms with Crippen LogP contribution in [-0.4, -0.2) is 13.7 Å². The van der Waals surface area contributed by atoms with E-state index >= 15 is 0 Å². The maximum absolute atomic E-state index is 5.48. The van der Waals surface area contributed by atoms with Crippen LogP contribution in [0.15, 0.2) is 24.3 Å². The van der Waals surface area contributed by atoms with E-state index in [1.54, 1.807) is 0 Å². The van der Waals surface area contributed by atoms with Gasteiger partial charge in [0.25, 0.3) is 0 Å². The number of hydrogen-bond donors (Lipinski definition) is 1. The summed E-state index contributed by atoms with van der Waals surface area (Å²) in [6, 6.07) is 8.44. The van der Waals surface area contributed by atoms with E-state index in [0.29, 0.717) is 6.61 Å². The summed E-state index contributed by atoms with van der Waals surface area (Å²) in [5.41, 5.74) is 1.22. The lowest BCUT2D eigenvalue weighted by atomic mass is 10.0. The minimum absolute atomic E-state index is 0.271. The predicted octanol–water partition coefficient (Wildman–Crippen LogP) is 2.76. The zero-order chi connectivity index (χ0) is 11.8. The van der Waals surface area contributed by atoms with Crippen LogP contribution in [-0.2, 0) is 0 Å². The van der Waals surface area contributed by atoms with Crippen molar-refractivity contribution in [3.63, 3.8) is 0 Å². The molecular formula is C14H19NO. The van der Waals surface area contributed by atoms with Gasteiger partial charge in [-0.3, -0.25) is 0 Å². The molecule has 0 aliphatic carbocycles. The van der Waals surface area contributed by atoms with Crippen molar-refractivity contribution in [1.82, 2.24) is 5.32 Å². The van der Waals surface area contributed by atoms with Crippen LogP contribution in [0.1, 0.15) is 31.9 Å². The van der Waals surface area contributed by atoms with Gasteiger partial charge in [-0.2, -0.15) is 0 Å². The average molecular weight is 217 g/mol. The normalized spacial score (nSPS) is 11.4. The Kier molecular flexibility index (Phi) is 5.45. The lowest BCUT2D eigenvalue weighted by Gasteiger charge is -2.14. The summed E-state index contributed by atoms with van der Waals surface area (Å²) in [7, 11) is 1.95. The van der Waals surface area contributed by atoms with E-state index in [1.807, 2.05) is 33.0 Å². The predicted molar refractivity (Wildman–Crippen MR) is 67.5 cm³/mol. The first kappa shape index (κ1) is 12.6. The molecule has 2 nitrogen and oxygen atoms in total. The maximum Gasteiger partial charge on any atom is 0.119 e. The second-order valence-corrected chi connectivity index (χ2v) is 3.48. The summed E-state index contributed by atoms with van der Waals surface area (Å²) in [6.45, 7) is 4.55. The highest BCUT2D eigenvalue weighted by atomic mass is 16.5. The molecule has 0 amide bonds. The number of rotatable bonds is 5. The minimum Gasteiger partial charge on any atom is -0.494 e. The van der Waals surface area contributed by atoms with Crippen LogP contribution in [0.2, 0.25) is 0 Å². The molecule has 1 unspecified atom stereocenters. The van der Waals surface area contributed by atoms with E-state index in [9.17, 15) is 0 Å². The molecule has 1 aromatic carbocycles. The summed E-state index contributed by atoms with van der Waals surface area (Å²) >= 11 is 0. The van der Waals surface area contributed by atoms with Crippen LogP contribution in [0.3, 0.4) is 0 Å². The molecule has 0 saturated carbocycles. The van der Waals surface area contributed by atoms with Gasteiger partial charge in [0, 0.05) is 12.5 Å². The SMILES string of the molecule is CC#CCC(NC)c1cccc(OCC)c1. The molecule has 1 aromatic rings. The molecule has 0 aliphatic rings. The quantitative estimate of drug-likeness (QED) is 0.766. The third kappa shape index (κ3) is 3.60. The van der Waals surface area contributed by atoms with Gasteiger partial charge in [0.05, 0.1) is 6.61 Å². The van der Waals surface area contributed by atoms with Crippen molar-refractivity contribution in [1.29, 1.82) is 0 Å². The number of hydrogen-bond acceptors (Lipinski definition) is 2. The van der Waals surface area contributed by atoms with Crippen molar-refractivity contribution in [3.05, 3.63) is 29.8 Å². The summed E-state index contributed by atoms with van der Waals surface area (Å²) < 4.78 is 5.48. The van der Waals surface area contributed by atoms with Gasteiger partial charge in [0.1, 0.15) is 5.75 Å². The van der Waals surface area contributed by atoms with Crippen LogP contribution in [0, 0.1) is 11.8 Å². The Balaban J connectivity index is 2.81. The molecule has 1 N–H and O–H groups in total. The van der Waals surface area contributed by atoms with Crippen molar-refractivity contribution in [2.45, 2.75) is 26.3 Å². The molecule has 0 aromatic heterocycles. The standard InChI is InChI=1S/C14H19NO/c1-4-6-10-14(15-3)12-8-7-9-13(11-12)16-5-2/h7-9,11,14-15H,5,10H2,1-3H3. The Morgan fingerprint density at radius 1 is 1.44 bits per heavy atom. The third-order valence-electron chi connectivity index (χ3n) is 2.40. The Labute approximate surface area is 98.0 Å². The molecule has 0 aliphatic heterocycles. The molecule has 1 atom stereocenters. The van der Waals surface area contributed by atoms with Crippen molar-refractivity contribution in [2.24, 2.45) is 0 Å². The smallest absolute Gasteiger partial charge is 0.119 e. The van der Waals surface area contributed by atoms with Crippen LogP contribution in [0.4, 0.5) is 0 Å². The van der Waals surface area contributed by atoms with E-state index in [0.717, 1.165) is 12.2 Å². The van der Waals surface area contributed by atoms with Gasteiger partial charge in [-0.25, -0.2) is 0 Å². The number of nitrogens with one attached hydrogen (secondary N) is 1. The van der Waals surface area contributed by atoms with E-state index in [2.05, 4.69) is 29.3 Å². The topological polar surface area (TPSA) is 21.3 Å². The second kappa shape index (κ2) is 6.92. The number of ether oxygens (including phenoxy) is 1. The average Bonchev–Trinajstić information content (AvgIpc) is 2.31. The van der Waals surface area contributed by atoms with E-state index in [4.69, 9.17) is 4.74 Å². The summed E-state index contributed by atoms with van der Waals surface area (Å²) in [5.74, 6) is 6.94. The zero-order valence-corrected chi connectivity index (χ0v) is 10.2. The Bertz CT molecular complexity index is 376. The highest BCUT2D eigenvalue weighted by Crippen LogP contribution is 2.21. The van der Waals surface area contributed by atoms with Gasteiger partial charge >= 0.3 is 0 Å². The van der Waals surface area contributed by atoms with Gasteiger partial charge in [-0.05, 0) is 38.6 Å². The van der Waals surface area contributed by atoms with Gasteiger partial charge in [-0.1, -0.05) is 12.1 Å². The fraction of sp³-hybridized carbons (Fsp3) is 0.429. The Morgan fingerprint density at radius 2 is 2.25 bits per heavy atom. The molecule has 0 bridgehead atoms. The fourth-order valence-electron chi connectivity index (χ4n) is 1.58. The first-order chi connectivity index (χ1) is 7.81. The van der Waals surface area contributed by atoms with E-state index in [1.165, 1.54) is 5.56 Å². The van der Waals surface area contributed by atoms with E-state index < -0.39 is 0 Å².